The zero-order valence-electron chi connectivity index (χ0n) is 14.7. The Hall–Kier alpha value is -2.39. The Labute approximate surface area is 169 Å². The summed E-state index contributed by atoms with van der Waals surface area (Å²) in [7, 11) is 0. The number of carbonyl (C=O) groups is 2. The van der Waals surface area contributed by atoms with E-state index in [1.165, 1.54) is 16.2 Å². The second-order valence-electron chi connectivity index (χ2n) is 6.66. The highest BCUT2D eigenvalue weighted by Crippen LogP contribution is 2.30. The number of thiophene rings is 1. The fraction of sp³-hybridized carbons (Fsp3) is 0.263. The number of carbonyl (C=O) groups excluding carboxylic acids is 2. The van der Waals surface area contributed by atoms with E-state index in [1.807, 2.05) is 12.1 Å². The lowest BCUT2D eigenvalue weighted by Crippen LogP contribution is -2.54. The lowest BCUT2D eigenvalue weighted by atomic mass is 9.96. The molecule has 146 valence electrons. The van der Waals surface area contributed by atoms with Crippen LogP contribution < -0.4 is 10.2 Å². The smallest absolute Gasteiger partial charge is 0.268 e. The molecule has 1 aliphatic heterocycles. The highest BCUT2D eigenvalue weighted by atomic mass is 35.5. The van der Waals surface area contributed by atoms with Crippen molar-refractivity contribution in [2.75, 3.05) is 18.1 Å². The van der Waals surface area contributed by atoms with Crippen molar-refractivity contribution in [1.29, 1.82) is 0 Å². The van der Waals surface area contributed by atoms with Crippen LogP contribution in [-0.2, 0) is 11.2 Å². The number of H-pyrrole nitrogens is 1. The molecule has 9 heteroatoms. The van der Waals surface area contributed by atoms with Crippen molar-refractivity contribution in [3.05, 3.63) is 52.0 Å². The second-order valence-corrected chi connectivity index (χ2v) is 8.35. The van der Waals surface area contributed by atoms with Crippen LogP contribution in [0.2, 0.25) is 4.34 Å². The van der Waals surface area contributed by atoms with Crippen molar-refractivity contribution in [3.8, 4) is 0 Å². The predicted octanol–water partition coefficient (Wildman–Crippen LogP) is 1.92. The molecule has 0 fully saturated rings. The van der Waals surface area contributed by atoms with E-state index in [1.54, 1.807) is 24.3 Å². The van der Waals surface area contributed by atoms with E-state index < -0.39 is 18.8 Å². The molecule has 28 heavy (non-hydrogen) atoms. The van der Waals surface area contributed by atoms with E-state index in [2.05, 4.69) is 10.3 Å². The van der Waals surface area contributed by atoms with Crippen LogP contribution in [0.1, 0.15) is 16.1 Å². The average Bonchev–Trinajstić information content (AvgIpc) is 3.22. The monoisotopic (exact) mass is 419 g/mol. The Balaban J connectivity index is 1.57. The third-order valence-corrected chi connectivity index (χ3v) is 5.90. The van der Waals surface area contributed by atoms with Gasteiger partial charge in [-0.3, -0.25) is 9.59 Å². The lowest BCUT2D eigenvalue weighted by Gasteiger charge is -2.35. The van der Waals surface area contributed by atoms with E-state index in [0.29, 0.717) is 22.1 Å². The zero-order chi connectivity index (χ0) is 19.8. The molecule has 1 aromatic carbocycles. The van der Waals surface area contributed by atoms with Crippen LogP contribution >= 0.6 is 22.9 Å². The van der Waals surface area contributed by atoms with Gasteiger partial charge in [0.05, 0.1) is 23.6 Å². The summed E-state index contributed by atoms with van der Waals surface area (Å²) >= 11 is 7.30. The number of rotatable bonds is 5. The van der Waals surface area contributed by atoms with E-state index in [9.17, 15) is 14.7 Å². The predicted molar refractivity (Wildman–Crippen MR) is 108 cm³/mol. The zero-order valence-corrected chi connectivity index (χ0v) is 16.3. The standard InChI is InChI=1S/C19H18ClN3O4S/c20-16-7-11-6-13(22-18(11)28-16)17(26)21-14-5-10-3-1-2-4-15(10)23(19(14)27)8-12(25)9-24/h1-4,6-7,12,14,22,24-25H,5,8-9H2,(H,21,26)/t12-,14+/m1/s1. The molecule has 2 aromatic heterocycles. The van der Waals surface area contributed by atoms with E-state index in [-0.39, 0.29) is 18.4 Å². The molecule has 0 saturated heterocycles. The summed E-state index contributed by atoms with van der Waals surface area (Å²) in [6, 6.07) is 10.0. The number of nitrogens with one attached hydrogen (secondary N) is 2. The average molecular weight is 420 g/mol. The lowest BCUT2D eigenvalue weighted by molar-refractivity contribution is -0.121. The SMILES string of the molecule is O=C(N[C@H]1Cc2ccccc2N(C[C@@H](O)CO)C1=O)c1cc2cc(Cl)sc2[nH]1. The number of aliphatic hydroxyl groups is 2. The van der Waals surface area contributed by atoms with Crippen LogP contribution in [0.25, 0.3) is 10.2 Å². The highest BCUT2D eigenvalue weighted by molar-refractivity contribution is 7.22. The maximum absolute atomic E-state index is 13.0. The van der Waals surface area contributed by atoms with Gasteiger partial charge in [-0.25, -0.2) is 0 Å². The summed E-state index contributed by atoms with van der Waals surface area (Å²) in [4.78, 5) is 30.9. The highest BCUT2D eigenvalue weighted by Gasteiger charge is 2.34. The van der Waals surface area contributed by atoms with Gasteiger partial charge in [0, 0.05) is 17.5 Å². The number of β-amino-alcohol motifs (C(OH)–C–C–N with tert-alkyl or cyclic N) is 1. The summed E-state index contributed by atoms with van der Waals surface area (Å²) in [6.07, 6.45) is -0.709. The van der Waals surface area contributed by atoms with E-state index in [4.69, 9.17) is 16.7 Å². The number of halogens is 1. The number of nitrogens with zero attached hydrogens (tertiary/aromatic N) is 1. The summed E-state index contributed by atoms with van der Waals surface area (Å²) in [5, 5.41) is 22.6. The fourth-order valence-corrected chi connectivity index (χ4v) is 4.51. The molecule has 4 rings (SSSR count). The largest absolute Gasteiger partial charge is 0.394 e. The number of aliphatic hydroxyl groups excluding tert-OH is 2. The molecule has 0 unspecified atom stereocenters. The van der Waals surface area contributed by atoms with Crippen LogP contribution in [-0.4, -0.2) is 52.3 Å². The summed E-state index contributed by atoms with van der Waals surface area (Å²) in [5.74, 6) is -0.712. The third-order valence-electron chi connectivity index (χ3n) is 4.70. The molecule has 0 bridgehead atoms. The van der Waals surface area contributed by atoms with Crippen molar-refractivity contribution in [2.24, 2.45) is 0 Å². The Morgan fingerprint density at radius 2 is 2.18 bits per heavy atom. The first-order valence-corrected chi connectivity index (χ1v) is 9.93. The summed E-state index contributed by atoms with van der Waals surface area (Å²) in [5.41, 5.74) is 1.92. The van der Waals surface area contributed by atoms with Gasteiger partial charge in [0.15, 0.2) is 0 Å². The normalized spacial score (nSPS) is 17.6. The van der Waals surface area contributed by atoms with Gasteiger partial charge in [0.25, 0.3) is 5.91 Å². The minimum atomic E-state index is -1.06. The van der Waals surface area contributed by atoms with Crippen molar-refractivity contribution in [3.63, 3.8) is 0 Å². The first-order valence-electron chi connectivity index (χ1n) is 8.73. The van der Waals surface area contributed by atoms with Gasteiger partial charge in [-0.2, -0.15) is 0 Å². The Morgan fingerprint density at radius 3 is 2.93 bits per heavy atom. The van der Waals surface area contributed by atoms with Gasteiger partial charge in [-0.15, -0.1) is 11.3 Å². The molecule has 0 saturated carbocycles. The fourth-order valence-electron chi connectivity index (χ4n) is 3.38. The number of anilines is 1. The van der Waals surface area contributed by atoms with Gasteiger partial charge in [-0.1, -0.05) is 29.8 Å². The van der Waals surface area contributed by atoms with Crippen LogP contribution in [0, 0.1) is 0 Å². The van der Waals surface area contributed by atoms with Gasteiger partial charge >= 0.3 is 0 Å². The number of hydrogen-bond donors (Lipinski definition) is 4. The van der Waals surface area contributed by atoms with E-state index >= 15 is 0 Å². The van der Waals surface area contributed by atoms with Crippen molar-refractivity contribution < 1.29 is 19.8 Å². The maximum atomic E-state index is 13.0. The van der Waals surface area contributed by atoms with Gasteiger partial charge < -0.3 is 25.4 Å². The van der Waals surface area contributed by atoms with Crippen molar-refractivity contribution in [2.45, 2.75) is 18.6 Å². The molecule has 7 nitrogen and oxygen atoms in total. The van der Waals surface area contributed by atoms with E-state index in [0.717, 1.165) is 15.8 Å². The summed E-state index contributed by atoms with van der Waals surface area (Å²) in [6.45, 7) is -0.500. The minimum absolute atomic E-state index is 0.0462. The number of benzene rings is 1. The minimum Gasteiger partial charge on any atom is -0.394 e. The van der Waals surface area contributed by atoms with Crippen LogP contribution in [0.5, 0.6) is 0 Å². The number of para-hydroxylation sites is 1. The van der Waals surface area contributed by atoms with Crippen molar-refractivity contribution >= 4 is 50.7 Å². The molecule has 2 atom stereocenters. The van der Waals surface area contributed by atoms with Gasteiger partial charge in [-0.05, 0) is 23.8 Å². The molecule has 0 spiro atoms. The second kappa shape index (κ2) is 7.56. The Morgan fingerprint density at radius 1 is 1.39 bits per heavy atom. The molecule has 0 radical (unpaired) electrons. The van der Waals surface area contributed by atoms with Crippen LogP contribution in [0.3, 0.4) is 0 Å². The van der Waals surface area contributed by atoms with Crippen LogP contribution in [0.15, 0.2) is 36.4 Å². The molecule has 1 aliphatic rings. The number of aromatic amines is 1. The first-order chi connectivity index (χ1) is 13.5. The number of fused-ring (bicyclic) bond motifs is 2. The molecule has 2 amide bonds. The topological polar surface area (TPSA) is 106 Å². The Kier molecular flexibility index (Phi) is 5.11. The molecule has 0 aliphatic carbocycles. The Bertz CT molecular complexity index is 1020. The molecule has 3 aromatic rings. The number of hydrogen-bond acceptors (Lipinski definition) is 5. The molecular weight excluding hydrogens is 402 g/mol. The van der Waals surface area contributed by atoms with Gasteiger partial charge in [0.2, 0.25) is 5.91 Å². The maximum Gasteiger partial charge on any atom is 0.268 e. The van der Waals surface area contributed by atoms with Crippen LogP contribution in [0.4, 0.5) is 5.69 Å². The van der Waals surface area contributed by atoms with Crippen molar-refractivity contribution in [1.82, 2.24) is 10.3 Å². The quantitative estimate of drug-likeness (QED) is 0.507. The number of amides is 2. The first kappa shape index (κ1) is 18.9. The molecule has 3 heterocycles. The third kappa shape index (κ3) is 3.51. The summed E-state index contributed by atoms with van der Waals surface area (Å²) < 4.78 is 0.630. The van der Waals surface area contributed by atoms with Gasteiger partial charge in [0.1, 0.15) is 16.6 Å². The molecule has 4 N–H and O–H groups in total. The number of aromatic nitrogens is 1. The molecular formula is C19H18ClN3O4S.